The molecule has 18 heavy (non-hydrogen) atoms. The fourth-order valence-electron chi connectivity index (χ4n) is 2.20. The maximum atomic E-state index is 11.7. The third-order valence-corrected chi connectivity index (χ3v) is 3.37. The molecule has 0 aromatic heterocycles. The van der Waals surface area contributed by atoms with Gasteiger partial charge in [-0.25, -0.2) is 4.79 Å². The Bertz CT molecular complexity index is 451. The van der Waals surface area contributed by atoms with Gasteiger partial charge in [0.05, 0.1) is 18.4 Å². The van der Waals surface area contributed by atoms with Crippen LogP contribution in [-0.4, -0.2) is 44.2 Å². The largest absolute Gasteiger partial charge is 0.465 e. The van der Waals surface area contributed by atoms with E-state index >= 15 is 0 Å². The minimum Gasteiger partial charge on any atom is -0.465 e. The van der Waals surface area contributed by atoms with E-state index < -0.39 is 0 Å². The maximum absolute atomic E-state index is 11.7. The highest BCUT2D eigenvalue weighted by molar-refractivity contribution is 6.31. The number of rotatable bonds is 3. The third-order valence-electron chi connectivity index (χ3n) is 3.14. The maximum Gasteiger partial charge on any atom is 0.339 e. The van der Waals surface area contributed by atoms with Crippen LogP contribution in [0.15, 0.2) is 18.2 Å². The van der Waals surface area contributed by atoms with Crippen LogP contribution in [0.4, 0.5) is 5.69 Å². The summed E-state index contributed by atoms with van der Waals surface area (Å²) in [6, 6.07) is 5.50. The number of methoxy groups -OCH3 is 1. The van der Waals surface area contributed by atoms with Gasteiger partial charge in [0, 0.05) is 17.6 Å². The van der Waals surface area contributed by atoms with Crippen molar-refractivity contribution in [3.63, 3.8) is 0 Å². The SMILES string of the molecule is COC(=O)c1ccc(Cl)cc1NC1CCN(C)C1. The van der Waals surface area contributed by atoms with E-state index in [-0.39, 0.29) is 5.97 Å². The molecule has 1 saturated heterocycles. The lowest BCUT2D eigenvalue weighted by Crippen LogP contribution is -2.24. The van der Waals surface area contributed by atoms with Gasteiger partial charge >= 0.3 is 5.97 Å². The quantitative estimate of drug-likeness (QED) is 0.854. The summed E-state index contributed by atoms with van der Waals surface area (Å²) in [6.07, 6.45) is 1.06. The highest BCUT2D eigenvalue weighted by Gasteiger charge is 2.21. The Morgan fingerprint density at radius 3 is 2.94 bits per heavy atom. The number of nitrogens with zero attached hydrogens (tertiary/aromatic N) is 1. The summed E-state index contributed by atoms with van der Waals surface area (Å²) in [5.41, 5.74) is 1.27. The molecular weight excluding hydrogens is 252 g/mol. The van der Waals surface area contributed by atoms with E-state index in [0.29, 0.717) is 16.6 Å². The number of anilines is 1. The Hall–Kier alpha value is -1.26. The van der Waals surface area contributed by atoms with Crippen LogP contribution in [0.3, 0.4) is 0 Å². The Labute approximate surface area is 112 Å². The van der Waals surface area contributed by atoms with Crippen LogP contribution in [0.5, 0.6) is 0 Å². The monoisotopic (exact) mass is 268 g/mol. The summed E-state index contributed by atoms with van der Waals surface area (Å²) < 4.78 is 4.77. The molecule has 1 N–H and O–H groups in total. The zero-order valence-electron chi connectivity index (χ0n) is 10.6. The Morgan fingerprint density at radius 2 is 2.33 bits per heavy atom. The summed E-state index contributed by atoms with van der Waals surface area (Å²) in [5, 5.41) is 3.98. The molecule has 0 aliphatic carbocycles. The number of esters is 1. The summed E-state index contributed by atoms with van der Waals surface area (Å²) in [6.45, 7) is 2.03. The van der Waals surface area contributed by atoms with Gasteiger partial charge in [-0.15, -0.1) is 0 Å². The molecule has 5 heteroatoms. The minimum atomic E-state index is -0.347. The smallest absolute Gasteiger partial charge is 0.339 e. The third kappa shape index (κ3) is 2.94. The summed E-state index contributed by atoms with van der Waals surface area (Å²) in [5.74, 6) is -0.347. The van der Waals surface area contributed by atoms with E-state index in [1.54, 1.807) is 18.2 Å². The van der Waals surface area contributed by atoms with Crippen molar-refractivity contribution in [1.82, 2.24) is 4.90 Å². The van der Waals surface area contributed by atoms with E-state index in [4.69, 9.17) is 16.3 Å². The van der Waals surface area contributed by atoms with E-state index in [9.17, 15) is 4.79 Å². The van der Waals surface area contributed by atoms with Gasteiger partial charge in [0.25, 0.3) is 0 Å². The molecular formula is C13H17ClN2O2. The van der Waals surface area contributed by atoms with Crippen LogP contribution in [0.25, 0.3) is 0 Å². The van der Waals surface area contributed by atoms with E-state index in [1.807, 2.05) is 0 Å². The molecule has 1 aliphatic heterocycles. The second-order valence-corrected chi connectivity index (χ2v) is 5.01. The zero-order valence-corrected chi connectivity index (χ0v) is 11.3. The van der Waals surface area contributed by atoms with Crippen molar-refractivity contribution >= 4 is 23.3 Å². The van der Waals surface area contributed by atoms with Crippen molar-refractivity contribution in [2.45, 2.75) is 12.5 Å². The molecule has 1 aromatic rings. The molecule has 1 atom stereocenters. The number of nitrogens with one attached hydrogen (secondary N) is 1. The first kappa shape index (κ1) is 13.2. The first-order valence-electron chi connectivity index (χ1n) is 5.93. The van der Waals surface area contributed by atoms with Crippen LogP contribution in [0.1, 0.15) is 16.8 Å². The number of benzene rings is 1. The predicted molar refractivity (Wildman–Crippen MR) is 72.3 cm³/mol. The number of hydrogen-bond donors (Lipinski definition) is 1. The highest BCUT2D eigenvalue weighted by atomic mass is 35.5. The average Bonchev–Trinajstić information content (AvgIpc) is 2.74. The fraction of sp³-hybridized carbons (Fsp3) is 0.462. The van der Waals surface area contributed by atoms with Crippen LogP contribution in [0, 0.1) is 0 Å². The van der Waals surface area contributed by atoms with E-state index in [0.717, 1.165) is 25.2 Å². The van der Waals surface area contributed by atoms with Gasteiger partial charge in [-0.2, -0.15) is 0 Å². The molecule has 1 heterocycles. The van der Waals surface area contributed by atoms with Gasteiger partial charge < -0.3 is 15.0 Å². The molecule has 1 fully saturated rings. The Kier molecular flexibility index (Phi) is 4.09. The van der Waals surface area contributed by atoms with Gasteiger partial charge in [-0.3, -0.25) is 0 Å². The summed E-state index contributed by atoms with van der Waals surface area (Å²) in [4.78, 5) is 13.9. The molecule has 1 unspecified atom stereocenters. The molecule has 1 aromatic carbocycles. The van der Waals surface area contributed by atoms with Crippen molar-refractivity contribution in [3.05, 3.63) is 28.8 Å². The number of ether oxygens (including phenoxy) is 1. The predicted octanol–water partition coefficient (Wildman–Crippen LogP) is 2.24. The first-order valence-corrected chi connectivity index (χ1v) is 6.31. The molecule has 4 nitrogen and oxygen atoms in total. The molecule has 0 spiro atoms. The average molecular weight is 269 g/mol. The first-order chi connectivity index (χ1) is 8.60. The minimum absolute atomic E-state index is 0.344. The zero-order chi connectivity index (χ0) is 13.1. The molecule has 98 valence electrons. The number of hydrogen-bond acceptors (Lipinski definition) is 4. The van der Waals surface area contributed by atoms with Gasteiger partial charge in [-0.1, -0.05) is 11.6 Å². The standard InChI is InChI=1S/C13H17ClN2O2/c1-16-6-5-10(8-16)15-12-7-9(14)3-4-11(12)13(17)18-2/h3-4,7,10,15H,5-6,8H2,1-2H3. The molecule has 0 saturated carbocycles. The molecule has 2 rings (SSSR count). The second kappa shape index (κ2) is 5.59. The number of carbonyl (C=O) groups is 1. The normalized spacial score (nSPS) is 19.8. The topological polar surface area (TPSA) is 41.6 Å². The van der Waals surface area contributed by atoms with Crippen LogP contribution in [0.2, 0.25) is 5.02 Å². The summed E-state index contributed by atoms with van der Waals surface area (Å²) >= 11 is 5.98. The van der Waals surface area contributed by atoms with E-state index in [2.05, 4.69) is 17.3 Å². The van der Waals surface area contributed by atoms with Gasteiger partial charge in [0.15, 0.2) is 0 Å². The van der Waals surface area contributed by atoms with Gasteiger partial charge in [0.2, 0.25) is 0 Å². The molecule has 1 aliphatic rings. The molecule has 0 amide bonds. The van der Waals surface area contributed by atoms with Gasteiger partial charge in [0.1, 0.15) is 0 Å². The van der Waals surface area contributed by atoms with E-state index in [1.165, 1.54) is 7.11 Å². The number of likely N-dealkylation sites (N-methyl/N-ethyl adjacent to an activating group) is 1. The molecule has 0 bridgehead atoms. The molecule has 0 radical (unpaired) electrons. The Balaban J connectivity index is 2.19. The number of likely N-dealkylation sites (tertiary alicyclic amines) is 1. The lowest BCUT2D eigenvalue weighted by atomic mass is 10.1. The van der Waals surface area contributed by atoms with Crippen molar-refractivity contribution in [1.29, 1.82) is 0 Å². The lowest BCUT2D eigenvalue weighted by Gasteiger charge is -2.17. The van der Waals surface area contributed by atoms with Crippen LogP contribution < -0.4 is 5.32 Å². The van der Waals surface area contributed by atoms with Crippen molar-refractivity contribution in [2.75, 3.05) is 32.6 Å². The number of halogens is 1. The van der Waals surface area contributed by atoms with Crippen molar-refractivity contribution in [2.24, 2.45) is 0 Å². The van der Waals surface area contributed by atoms with Crippen molar-refractivity contribution < 1.29 is 9.53 Å². The van der Waals surface area contributed by atoms with Crippen LogP contribution >= 0.6 is 11.6 Å². The Morgan fingerprint density at radius 1 is 1.56 bits per heavy atom. The lowest BCUT2D eigenvalue weighted by molar-refractivity contribution is 0.0602. The van der Waals surface area contributed by atoms with Crippen LogP contribution in [-0.2, 0) is 4.74 Å². The fourth-order valence-corrected chi connectivity index (χ4v) is 2.37. The second-order valence-electron chi connectivity index (χ2n) is 4.57. The van der Waals surface area contributed by atoms with Crippen molar-refractivity contribution in [3.8, 4) is 0 Å². The summed E-state index contributed by atoms with van der Waals surface area (Å²) in [7, 11) is 3.46. The van der Waals surface area contributed by atoms with Gasteiger partial charge in [-0.05, 0) is 38.2 Å². The highest BCUT2D eigenvalue weighted by Crippen LogP contribution is 2.24. The number of carbonyl (C=O) groups excluding carboxylic acids is 1.